The average Bonchev–Trinajstić information content (AvgIpc) is 3.26. The number of nitrogens with zero attached hydrogens (tertiary/aromatic N) is 2. The molecule has 0 saturated heterocycles. The number of carbonyl (C=O) groups excluding carboxylic acids is 1. The van der Waals surface area contributed by atoms with Crippen LogP contribution in [-0.4, -0.2) is 38.7 Å². The van der Waals surface area contributed by atoms with E-state index in [4.69, 9.17) is 0 Å². The zero-order chi connectivity index (χ0) is 22.6. The van der Waals surface area contributed by atoms with E-state index in [2.05, 4.69) is 15.0 Å². The maximum atomic E-state index is 13.0. The Balaban J connectivity index is 1.80. The highest BCUT2D eigenvalue weighted by atomic mass is 32.2. The van der Waals surface area contributed by atoms with Gasteiger partial charge in [0.15, 0.2) is 0 Å². The predicted molar refractivity (Wildman–Crippen MR) is 127 cm³/mol. The molecule has 0 spiro atoms. The first-order chi connectivity index (χ1) is 14.7. The minimum absolute atomic E-state index is 0.283. The van der Waals surface area contributed by atoms with Gasteiger partial charge >= 0.3 is 0 Å². The molecule has 0 radical (unpaired) electrons. The molecule has 0 aliphatic heterocycles. The summed E-state index contributed by atoms with van der Waals surface area (Å²) in [6.07, 6.45) is 1.76. The van der Waals surface area contributed by atoms with Crippen LogP contribution < -0.4 is 14.9 Å². The van der Waals surface area contributed by atoms with Crippen LogP contribution in [0.2, 0.25) is 0 Å². The first kappa shape index (κ1) is 22.8. The Hall–Kier alpha value is -2.91. The summed E-state index contributed by atoms with van der Waals surface area (Å²) in [7, 11) is 0.161. The summed E-state index contributed by atoms with van der Waals surface area (Å²) in [6.45, 7) is 3.54. The van der Waals surface area contributed by atoms with Crippen molar-refractivity contribution in [1.29, 1.82) is 0 Å². The van der Waals surface area contributed by atoms with E-state index in [1.165, 1.54) is 0 Å². The monoisotopic (exact) mass is 458 g/mol. The fourth-order valence-corrected chi connectivity index (χ4v) is 4.24. The quantitative estimate of drug-likeness (QED) is 0.533. The van der Waals surface area contributed by atoms with Gasteiger partial charge in [-0.2, -0.15) is 0 Å². The number of amides is 1. The Bertz CT molecular complexity index is 1160. The van der Waals surface area contributed by atoms with Crippen molar-refractivity contribution in [2.45, 2.75) is 25.6 Å². The first-order valence-corrected chi connectivity index (χ1v) is 12.2. The molecule has 0 aliphatic carbocycles. The number of benzene rings is 2. The van der Waals surface area contributed by atoms with Gasteiger partial charge in [0, 0.05) is 49.2 Å². The number of hydrogen-bond acceptors (Lipinski definition) is 6. The molecule has 3 aromatic rings. The molecule has 164 valence electrons. The zero-order valence-electron chi connectivity index (χ0n) is 17.9. The smallest absolute Gasteiger partial charge is 0.253 e. The minimum Gasteiger partial charge on any atom is -0.377 e. The third-order valence-electron chi connectivity index (χ3n) is 4.66. The van der Waals surface area contributed by atoms with Crippen molar-refractivity contribution in [2.75, 3.05) is 23.7 Å². The average molecular weight is 459 g/mol. The third-order valence-corrected chi connectivity index (χ3v) is 7.25. The molecule has 1 amide bonds. The molecule has 7 nitrogen and oxygen atoms in total. The van der Waals surface area contributed by atoms with Gasteiger partial charge in [0.25, 0.3) is 5.91 Å². The lowest BCUT2D eigenvalue weighted by Gasteiger charge is -2.19. The second kappa shape index (κ2) is 9.49. The van der Waals surface area contributed by atoms with Crippen molar-refractivity contribution < 1.29 is 13.2 Å². The molecule has 0 bridgehead atoms. The number of aromatic nitrogens is 1. The molecular weight excluding hydrogens is 432 g/mol. The summed E-state index contributed by atoms with van der Waals surface area (Å²) >= 11 is 1.56. The lowest BCUT2D eigenvalue weighted by Crippen LogP contribution is -2.26. The molecule has 1 aromatic heterocycles. The van der Waals surface area contributed by atoms with E-state index in [0.717, 1.165) is 16.1 Å². The van der Waals surface area contributed by atoms with Crippen molar-refractivity contribution >= 4 is 38.6 Å². The Labute approximate surface area is 187 Å². The van der Waals surface area contributed by atoms with Crippen molar-refractivity contribution in [2.24, 2.45) is 0 Å². The molecule has 0 aliphatic rings. The van der Waals surface area contributed by atoms with E-state index in [9.17, 15) is 13.2 Å². The van der Waals surface area contributed by atoms with Gasteiger partial charge in [-0.3, -0.25) is 9.52 Å². The first-order valence-electron chi connectivity index (χ1n) is 9.77. The largest absolute Gasteiger partial charge is 0.377 e. The number of carbonyl (C=O) groups is 1. The van der Waals surface area contributed by atoms with Gasteiger partial charge in [-0.25, -0.2) is 13.4 Å². The van der Waals surface area contributed by atoms with E-state index < -0.39 is 15.3 Å². The summed E-state index contributed by atoms with van der Waals surface area (Å²) in [5.41, 5.74) is 3.40. The summed E-state index contributed by atoms with van der Waals surface area (Å²) in [5.74, 6) is -0.283. The fraction of sp³-hybridized carbons (Fsp3) is 0.273. The maximum Gasteiger partial charge on any atom is 0.253 e. The van der Waals surface area contributed by atoms with Gasteiger partial charge in [-0.1, -0.05) is 18.2 Å². The van der Waals surface area contributed by atoms with E-state index in [1.54, 1.807) is 49.6 Å². The lowest BCUT2D eigenvalue weighted by molar-refractivity contribution is 0.0951. The van der Waals surface area contributed by atoms with Crippen LogP contribution in [0.3, 0.4) is 0 Å². The number of thiazole rings is 1. The van der Waals surface area contributed by atoms with Gasteiger partial charge in [0.2, 0.25) is 10.0 Å². The van der Waals surface area contributed by atoms with Crippen molar-refractivity contribution in [1.82, 2.24) is 10.3 Å². The molecule has 0 fully saturated rings. The standard InChI is InChI=1S/C22H26N4O3S2/c1-15(2)31(28,29)25-18-8-9-20(26(3)4)19(13-18)21(27)24-14-16-6-5-7-17(12-16)22-23-10-11-30-22/h5-13,15,25H,14H2,1-4H3,(H,24,27). The summed E-state index contributed by atoms with van der Waals surface area (Å²) in [4.78, 5) is 19.1. The number of rotatable bonds is 8. The second-order valence-electron chi connectivity index (χ2n) is 7.54. The van der Waals surface area contributed by atoms with Crippen LogP contribution in [0.5, 0.6) is 0 Å². The van der Waals surface area contributed by atoms with Crippen LogP contribution in [0, 0.1) is 0 Å². The summed E-state index contributed by atoms with van der Waals surface area (Å²) in [6, 6.07) is 12.8. The Kier molecular flexibility index (Phi) is 6.97. The maximum absolute atomic E-state index is 13.0. The third kappa shape index (κ3) is 5.62. The molecular formula is C22H26N4O3S2. The topological polar surface area (TPSA) is 91.4 Å². The van der Waals surface area contributed by atoms with Gasteiger partial charge in [0.05, 0.1) is 10.8 Å². The molecule has 0 atom stereocenters. The Morgan fingerprint density at radius 2 is 1.94 bits per heavy atom. The van der Waals surface area contributed by atoms with Crippen molar-refractivity contribution in [3.8, 4) is 10.6 Å². The van der Waals surface area contributed by atoms with Crippen molar-refractivity contribution in [3.63, 3.8) is 0 Å². The fourth-order valence-electron chi connectivity index (χ4n) is 2.91. The van der Waals surface area contributed by atoms with Gasteiger partial charge in [-0.05, 0) is 43.7 Å². The van der Waals surface area contributed by atoms with E-state index in [-0.39, 0.29) is 5.91 Å². The van der Waals surface area contributed by atoms with Gasteiger partial charge in [-0.15, -0.1) is 11.3 Å². The van der Waals surface area contributed by atoms with E-state index in [0.29, 0.717) is 23.5 Å². The van der Waals surface area contributed by atoms with Crippen LogP contribution in [0.4, 0.5) is 11.4 Å². The normalized spacial score (nSPS) is 11.4. The molecule has 1 heterocycles. The van der Waals surface area contributed by atoms with E-state index >= 15 is 0 Å². The van der Waals surface area contributed by atoms with Gasteiger partial charge in [0.1, 0.15) is 5.01 Å². The second-order valence-corrected chi connectivity index (χ2v) is 10.7. The summed E-state index contributed by atoms with van der Waals surface area (Å²) in [5, 5.41) is 5.20. The highest BCUT2D eigenvalue weighted by molar-refractivity contribution is 7.93. The highest BCUT2D eigenvalue weighted by Crippen LogP contribution is 2.25. The lowest BCUT2D eigenvalue weighted by atomic mass is 10.1. The van der Waals surface area contributed by atoms with Crippen LogP contribution in [0.25, 0.3) is 10.6 Å². The number of anilines is 2. The molecule has 3 rings (SSSR count). The van der Waals surface area contributed by atoms with Crippen LogP contribution in [-0.2, 0) is 16.6 Å². The van der Waals surface area contributed by atoms with Crippen LogP contribution in [0.1, 0.15) is 29.8 Å². The Morgan fingerprint density at radius 3 is 2.58 bits per heavy atom. The molecule has 2 aromatic carbocycles. The number of nitrogens with one attached hydrogen (secondary N) is 2. The molecule has 0 saturated carbocycles. The van der Waals surface area contributed by atoms with Gasteiger partial charge < -0.3 is 10.2 Å². The number of sulfonamides is 1. The molecule has 31 heavy (non-hydrogen) atoms. The van der Waals surface area contributed by atoms with Crippen molar-refractivity contribution in [3.05, 3.63) is 65.2 Å². The Morgan fingerprint density at radius 1 is 1.16 bits per heavy atom. The SMILES string of the molecule is CC(C)S(=O)(=O)Nc1ccc(N(C)C)c(C(=O)NCc2cccc(-c3nccs3)c2)c1. The highest BCUT2D eigenvalue weighted by Gasteiger charge is 2.19. The molecule has 0 unspecified atom stereocenters. The molecule has 2 N–H and O–H groups in total. The minimum atomic E-state index is -3.51. The number of hydrogen-bond donors (Lipinski definition) is 2. The zero-order valence-corrected chi connectivity index (χ0v) is 19.5. The predicted octanol–water partition coefficient (Wildman–Crippen LogP) is 3.96. The van der Waals surface area contributed by atoms with Crippen LogP contribution >= 0.6 is 11.3 Å². The van der Waals surface area contributed by atoms with E-state index in [1.807, 2.05) is 48.6 Å². The van der Waals surface area contributed by atoms with Crippen LogP contribution in [0.15, 0.2) is 54.0 Å². The molecule has 9 heteroatoms. The summed E-state index contributed by atoms with van der Waals surface area (Å²) < 4.78 is 27.0.